The summed E-state index contributed by atoms with van der Waals surface area (Å²) >= 11 is 0. The second-order valence-electron chi connectivity index (χ2n) is 12.3. The van der Waals surface area contributed by atoms with Gasteiger partial charge in [0.15, 0.2) is 5.78 Å². The molecule has 0 rings (SSSR count). The molecule has 0 bridgehead atoms. The van der Waals surface area contributed by atoms with E-state index in [1.54, 1.807) is 5.32 Å². The first-order valence-corrected chi connectivity index (χ1v) is 16.8. The van der Waals surface area contributed by atoms with Gasteiger partial charge >= 0.3 is 48.3 Å². The summed E-state index contributed by atoms with van der Waals surface area (Å²) in [6, 6.07) is -4.97. The molecule has 4 atom stereocenters. The van der Waals surface area contributed by atoms with Crippen molar-refractivity contribution in [1.29, 1.82) is 0 Å². The predicted molar refractivity (Wildman–Crippen MR) is 169 cm³/mol. The van der Waals surface area contributed by atoms with E-state index in [2.05, 4.69) is 16.0 Å². The van der Waals surface area contributed by atoms with Gasteiger partial charge in [-0.15, -0.1) is 0 Å². The molecule has 57 heavy (non-hydrogen) atoms. The Morgan fingerprint density at radius 2 is 0.649 bits per heavy atom. The number of hydrogen-bond donors (Lipinski definition) is 7. The van der Waals surface area contributed by atoms with E-state index < -0.39 is 148 Å². The highest BCUT2D eigenvalue weighted by Gasteiger charge is 2.41. The Balaban J connectivity index is 6.07. The zero-order chi connectivity index (χ0) is 44.4. The van der Waals surface area contributed by atoms with Crippen LogP contribution in [0.3, 0.4) is 0 Å². The number of nitrogens with one attached hydrogen (secondary N) is 7. The van der Waals surface area contributed by atoms with Crippen molar-refractivity contribution in [1.82, 2.24) is 37.2 Å². The quantitative estimate of drug-likeness (QED) is 0.0589. The van der Waals surface area contributed by atoms with Gasteiger partial charge in [-0.1, -0.05) is 6.92 Å². The summed E-state index contributed by atoms with van der Waals surface area (Å²) in [4.78, 5) is 96.2. The van der Waals surface area contributed by atoms with Gasteiger partial charge < -0.3 is 37.2 Å². The van der Waals surface area contributed by atoms with Gasteiger partial charge in [-0.2, -0.15) is 52.7 Å². The van der Waals surface area contributed by atoms with Gasteiger partial charge in [0.05, 0.1) is 6.04 Å². The number of carbonyl (C=O) groups is 8. The summed E-state index contributed by atoms with van der Waals surface area (Å²) in [7, 11) is 0. The third-order valence-corrected chi connectivity index (χ3v) is 7.52. The minimum atomic E-state index is -5.29. The zero-order valence-electron chi connectivity index (χ0n) is 30.1. The maximum atomic E-state index is 13.4. The van der Waals surface area contributed by atoms with Crippen LogP contribution in [0.2, 0.25) is 0 Å². The second-order valence-corrected chi connectivity index (χ2v) is 12.3. The molecule has 0 fully saturated rings. The first kappa shape index (κ1) is 52.1. The van der Waals surface area contributed by atoms with Crippen molar-refractivity contribution in [3.05, 3.63) is 0 Å². The van der Waals surface area contributed by atoms with Crippen molar-refractivity contribution < 1.29 is 91.0 Å². The number of Topliss-reactive ketones (excluding diaryl/α,β-unsaturated/α-hetero) is 1. The molecular weight excluding hydrogens is 814 g/mol. The molecule has 15 nitrogen and oxygen atoms in total. The molecular formula is C30H41F12N7O8. The summed E-state index contributed by atoms with van der Waals surface area (Å²) in [5.74, 6) is -14.5. The number of carbonyl (C=O) groups excluding carboxylic acids is 8. The van der Waals surface area contributed by atoms with Crippen LogP contribution in [0.15, 0.2) is 0 Å². The molecule has 4 unspecified atom stereocenters. The average molecular weight is 856 g/mol. The number of halogens is 12. The van der Waals surface area contributed by atoms with Gasteiger partial charge in [0.2, 0.25) is 17.7 Å². The summed E-state index contributed by atoms with van der Waals surface area (Å²) in [6.07, 6.45) is -24.0. The standard InChI is InChI=1S/C30H41F12N7O8/c1-15(7-3-11-43-23(54)27(31,32)33)20(51)48-18(9-5-13-45-25(56)29(37,38)39)22(53)49-19(10-6-14-46-26(57)30(40,41)42)21(52)47-17(16(2)50)8-4-12-44-24(55)28(34,35)36/h15,17-19H,3-14H2,1-2H3,(H,43,54)(H,44,55)(H,45,56)(H,46,57)(H,47,52)(H,48,51)(H,49,53). The SMILES string of the molecule is CC(=O)C(CCCNC(=O)C(F)(F)F)NC(=O)C(CCCNC(=O)C(F)(F)F)NC(=O)C(CCCNC(=O)C(F)(F)F)NC(=O)C(C)CCCNC(=O)C(F)(F)F. The number of hydrogen-bond acceptors (Lipinski definition) is 8. The molecule has 7 amide bonds. The maximum absolute atomic E-state index is 13.4. The predicted octanol–water partition coefficient (Wildman–Crippen LogP) is 1.50. The third kappa shape index (κ3) is 21.9. The zero-order valence-corrected chi connectivity index (χ0v) is 30.1. The van der Waals surface area contributed by atoms with E-state index in [1.165, 1.54) is 22.9 Å². The van der Waals surface area contributed by atoms with Gasteiger partial charge in [-0.05, 0) is 58.3 Å². The topological polar surface area (TPSA) is 221 Å². The van der Waals surface area contributed by atoms with Crippen LogP contribution >= 0.6 is 0 Å². The lowest BCUT2D eigenvalue weighted by molar-refractivity contribution is -0.173. The maximum Gasteiger partial charge on any atom is 0.471 e. The van der Waals surface area contributed by atoms with E-state index in [4.69, 9.17) is 0 Å². The van der Waals surface area contributed by atoms with Crippen LogP contribution < -0.4 is 37.2 Å². The molecule has 0 aromatic carbocycles. The number of ketones is 1. The summed E-state index contributed by atoms with van der Waals surface area (Å²) < 4.78 is 150. The number of rotatable bonds is 23. The minimum absolute atomic E-state index is 0.180. The minimum Gasteiger partial charge on any atom is -0.348 e. The fourth-order valence-electron chi connectivity index (χ4n) is 4.44. The van der Waals surface area contributed by atoms with Crippen LogP contribution in [0.5, 0.6) is 0 Å². The Bertz CT molecular complexity index is 1410. The van der Waals surface area contributed by atoms with Gasteiger partial charge in [0.1, 0.15) is 12.1 Å². The summed E-state index contributed by atoms with van der Waals surface area (Å²) in [5, 5.41) is 12.7. The first-order chi connectivity index (χ1) is 26.0. The molecule has 0 spiro atoms. The van der Waals surface area contributed by atoms with Crippen LogP contribution in [0.4, 0.5) is 52.7 Å². The molecule has 0 heterocycles. The first-order valence-electron chi connectivity index (χ1n) is 16.8. The van der Waals surface area contributed by atoms with Gasteiger partial charge in [0.25, 0.3) is 0 Å². The van der Waals surface area contributed by atoms with Crippen molar-refractivity contribution in [3.63, 3.8) is 0 Å². The molecule has 0 aromatic rings. The second kappa shape index (κ2) is 23.4. The van der Waals surface area contributed by atoms with Crippen molar-refractivity contribution in [3.8, 4) is 0 Å². The molecule has 0 aliphatic rings. The van der Waals surface area contributed by atoms with Crippen molar-refractivity contribution in [2.45, 2.75) is 108 Å². The lowest BCUT2D eigenvalue weighted by atomic mass is 10.0. The molecule has 0 aliphatic carbocycles. The largest absolute Gasteiger partial charge is 0.471 e. The van der Waals surface area contributed by atoms with Crippen molar-refractivity contribution in [2.75, 3.05) is 26.2 Å². The molecule has 0 saturated carbocycles. The fraction of sp³-hybridized carbons (Fsp3) is 0.733. The van der Waals surface area contributed by atoms with Gasteiger partial charge in [-0.25, -0.2) is 0 Å². The Kier molecular flexibility index (Phi) is 21.4. The number of amides is 7. The monoisotopic (exact) mass is 855 g/mol. The van der Waals surface area contributed by atoms with E-state index in [9.17, 15) is 91.0 Å². The van der Waals surface area contributed by atoms with E-state index >= 15 is 0 Å². The highest BCUT2D eigenvalue weighted by atomic mass is 19.4. The smallest absolute Gasteiger partial charge is 0.348 e. The molecule has 27 heteroatoms. The van der Waals surface area contributed by atoms with Crippen LogP contribution in [0, 0.1) is 5.92 Å². The van der Waals surface area contributed by atoms with Crippen molar-refractivity contribution >= 4 is 47.1 Å². The van der Waals surface area contributed by atoms with Crippen molar-refractivity contribution in [2.24, 2.45) is 5.92 Å². The number of alkyl halides is 12. The Hall–Kier alpha value is -4.88. The highest BCUT2D eigenvalue weighted by molar-refractivity contribution is 5.94. The third-order valence-electron chi connectivity index (χ3n) is 7.52. The fourth-order valence-corrected chi connectivity index (χ4v) is 4.44. The van der Waals surface area contributed by atoms with E-state index in [-0.39, 0.29) is 25.7 Å². The summed E-state index contributed by atoms with van der Waals surface area (Å²) in [6.45, 7) is -0.369. The van der Waals surface area contributed by atoms with Crippen LogP contribution in [-0.4, -0.2) is 116 Å². The van der Waals surface area contributed by atoms with E-state index in [0.29, 0.717) is 0 Å². The summed E-state index contributed by atoms with van der Waals surface area (Å²) in [5.41, 5.74) is 0. The normalized spacial score (nSPS) is 14.2. The molecule has 0 aliphatic heterocycles. The molecule has 328 valence electrons. The molecule has 0 radical (unpaired) electrons. The Morgan fingerprint density at radius 1 is 0.404 bits per heavy atom. The average Bonchev–Trinajstić information content (AvgIpc) is 3.07. The van der Waals surface area contributed by atoms with Gasteiger partial charge in [-0.3, -0.25) is 38.4 Å². The van der Waals surface area contributed by atoms with E-state index in [0.717, 1.165) is 6.92 Å². The Morgan fingerprint density at radius 3 is 0.930 bits per heavy atom. The molecule has 0 aromatic heterocycles. The van der Waals surface area contributed by atoms with Crippen LogP contribution in [0.25, 0.3) is 0 Å². The van der Waals surface area contributed by atoms with E-state index in [1.807, 2.05) is 0 Å². The van der Waals surface area contributed by atoms with Crippen LogP contribution in [-0.2, 0) is 38.4 Å². The molecule has 7 N–H and O–H groups in total. The van der Waals surface area contributed by atoms with Crippen LogP contribution in [0.1, 0.15) is 65.2 Å². The lowest BCUT2D eigenvalue weighted by Crippen LogP contribution is -2.56. The highest BCUT2D eigenvalue weighted by Crippen LogP contribution is 2.17. The lowest BCUT2D eigenvalue weighted by Gasteiger charge is -2.26. The molecule has 0 saturated heterocycles. The van der Waals surface area contributed by atoms with Gasteiger partial charge in [0, 0.05) is 32.1 Å². The Labute approximate surface area is 315 Å².